The molecule has 0 saturated heterocycles. The van der Waals surface area contributed by atoms with Gasteiger partial charge in [0.05, 0.1) is 6.54 Å². The summed E-state index contributed by atoms with van der Waals surface area (Å²) in [7, 11) is -3.86. The lowest BCUT2D eigenvalue weighted by atomic mass is 10.1. The minimum atomic E-state index is -3.86. The molecular formula is C15H17NO4S2. The monoisotopic (exact) mass is 339 g/mol. The maximum atomic E-state index is 12.3. The number of benzene rings is 1. The Hall–Kier alpha value is -1.86. The number of hydrogen-bond donors (Lipinski definition) is 1. The van der Waals surface area contributed by atoms with Crippen molar-refractivity contribution < 1.29 is 17.4 Å². The Morgan fingerprint density at radius 3 is 2.41 bits per heavy atom. The molecule has 0 radical (unpaired) electrons. The molecule has 1 N–H and O–H groups in total. The highest BCUT2D eigenvalue weighted by Crippen LogP contribution is 2.26. The van der Waals surface area contributed by atoms with E-state index in [1.54, 1.807) is 18.2 Å². The summed E-state index contributed by atoms with van der Waals surface area (Å²) in [4.78, 5) is 11.6. The fourth-order valence-electron chi connectivity index (χ4n) is 1.95. The quantitative estimate of drug-likeness (QED) is 0.850. The van der Waals surface area contributed by atoms with E-state index in [-0.39, 0.29) is 10.1 Å². The summed E-state index contributed by atoms with van der Waals surface area (Å²) in [6.45, 7) is 5.47. The number of carbonyl (C=O) groups is 1. The molecule has 0 aliphatic carbocycles. The second kappa shape index (κ2) is 6.50. The van der Waals surface area contributed by atoms with E-state index in [1.165, 1.54) is 13.0 Å². The van der Waals surface area contributed by atoms with Crippen LogP contribution in [-0.2, 0) is 21.5 Å². The van der Waals surface area contributed by atoms with Crippen LogP contribution in [0.25, 0.3) is 0 Å². The molecule has 1 heterocycles. The zero-order valence-electron chi connectivity index (χ0n) is 12.5. The topological polar surface area (TPSA) is 72.5 Å². The zero-order valence-corrected chi connectivity index (χ0v) is 14.2. The molecule has 0 unspecified atom stereocenters. The molecule has 0 aliphatic heterocycles. The highest BCUT2D eigenvalue weighted by atomic mass is 32.3. The number of carbonyl (C=O) groups excluding carboxylic acids is 1. The van der Waals surface area contributed by atoms with E-state index >= 15 is 0 Å². The van der Waals surface area contributed by atoms with Crippen molar-refractivity contribution in [2.45, 2.75) is 31.5 Å². The van der Waals surface area contributed by atoms with E-state index in [0.29, 0.717) is 12.3 Å². The van der Waals surface area contributed by atoms with Crippen LogP contribution in [0, 0.1) is 13.8 Å². The van der Waals surface area contributed by atoms with Gasteiger partial charge >= 0.3 is 10.1 Å². The molecule has 0 saturated carbocycles. The van der Waals surface area contributed by atoms with E-state index < -0.39 is 10.1 Å². The fourth-order valence-corrected chi connectivity index (χ4v) is 4.12. The van der Waals surface area contributed by atoms with Crippen LogP contribution in [0.4, 0.5) is 0 Å². The van der Waals surface area contributed by atoms with Gasteiger partial charge < -0.3 is 9.50 Å². The first-order valence-corrected chi connectivity index (χ1v) is 8.85. The summed E-state index contributed by atoms with van der Waals surface area (Å²) in [5, 5.41) is 2.63. The predicted molar refractivity (Wildman–Crippen MR) is 85.6 cm³/mol. The third-order valence-electron chi connectivity index (χ3n) is 2.80. The second-order valence-corrected chi connectivity index (χ2v) is 7.93. The number of rotatable bonds is 5. The second-order valence-electron chi connectivity index (χ2n) is 4.99. The molecule has 118 valence electrons. The van der Waals surface area contributed by atoms with Gasteiger partial charge in [0.1, 0.15) is 5.75 Å². The maximum Gasteiger partial charge on any atom is 0.348 e. The first-order valence-electron chi connectivity index (χ1n) is 6.62. The molecule has 0 fully saturated rings. The van der Waals surface area contributed by atoms with Crippen molar-refractivity contribution in [1.82, 2.24) is 5.32 Å². The zero-order chi connectivity index (χ0) is 16.3. The van der Waals surface area contributed by atoms with Gasteiger partial charge in [-0.25, -0.2) is 0 Å². The van der Waals surface area contributed by atoms with E-state index in [4.69, 9.17) is 4.18 Å². The van der Waals surface area contributed by atoms with Gasteiger partial charge in [-0.3, -0.25) is 4.79 Å². The van der Waals surface area contributed by atoms with Gasteiger partial charge in [-0.1, -0.05) is 6.07 Å². The molecule has 2 aromatic rings. The SMILES string of the molecule is CC(=O)NCc1ccc(S(=O)(=O)Oc2cc(C)cc(C)c2)s1. The van der Waals surface area contributed by atoms with Crippen molar-refractivity contribution in [3.63, 3.8) is 0 Å². The lowest BCUT2D eigenvalue weighted by Crippen LogP contribution is -2.18. The highest BCUT2D eigenvalue weighted by Gasteiger charge is 2.19. The normalized spacial score (nSPS) is 11.2. The van der Waals surface area contributed by atoms with Crippen LogP contribution < -0.4 is 9.50 Å². The van der Waals surface area contributed by atoms with Gasteiger partial charge in [-0.05, 0) is 49.2 Å². The van der Waals surface area contributed by atoms with Crippen LogP contribution in [0.3, 0.4) is 0 Å². The van der Waals surface area contributed by atoms with Gasteiger partial charge in [-0.2, -0.15) is 8.42 Å². The number of nitrogens with one attached hydrogen (secondary N) is 1. The largest absolute Gasteiger partial charge is 0.378 e. The summed E-state index contributed by atoms with van der Waals surface area (Å²) in [6.07, 6.45) is 0. The maximum absolute atomic E-state index is 12.3. The molecule has 0 aliphatic rings. The van der Waals surface area contributed by atoms with Crippen molar-refractivity contribution in [3.05, 3.63) is 46.3 Å². The summed E-state index contributed by atoms with van der Waals surface area (Å²) in [5.74, 6) is 0.138. The van der Waals surface area contributed by atoms with Crippen LogP contribution in [-0.4, -0.2) is 14.3 Å². The van der Waals surface area contributed by atoms with Gasteiger partial charge in [0, 0.05) is 11.8 Å². The van der Waals surface area contributed by atoms with Crippen molar-refractivity contribution in [2.24, 2.45) is 0 Å². The average Bonchev–Trinajstić information content (AvgIpc) is 2.83. The summed E-state index contributed by atoms with van der Waals surface area (Å²) >= 11 is 1.08. The fraction of sp³-hybridized carbons (Fsp3) is 0.267. The molecule has 5 nitrogen and oxygen atoms in total. The van der Waals surface area contributed by atoms with Crippen molar-refractivity contribution in [3.8, 4) is 5.75 Å². The Bertz CT molecular complexity index is 773. The Kier molecular flexibility index (Phi) is 4.87. The molecule has 0 bridgehead atoms. The average molecular weight is 339 g/mol. The molecule has 2 rings (SSSR count). The van der Waals surface area contributed by atoms with Gasteiger partial charge in [-0.15, -0.1) is 11.3 Å². The summed E-state index contributed by atoms with van der Waals surface area (Å²) in [6, 6.07) is 8.45. The number of thiophene rings is 1. The first kappa shape index (κ1) is 16.5. The standard InChI is InChI=1S/C15H17NO4S2/c1-10-6-11(2)8-13(7-10)20-22(18,19)15-5-4-14(21-15)9-16-12(3)17/h4-8H,9H2,1-3H3,(H,16,17). The van der Waals surface area contributed by atoms with Crippen molar-refractivity contribution >= 4 is 27.4 Å². The van der Waals surface area contributed by atoms with Crippen LogP contribution >= 0.6 is 11.3 Å². The Morgan fingerprint density at radius 2 is 1.82 bits per heavy atom. The smallest absolute Gasteiger partial charge is 0.348 e. The van der Waals surface area contributed by atoms with Crippen molar-refractivity contribution in [2.75, 3.05) is 0 Å². The van der Waals surface area contributed by atoms with Crippen LogP contribution in [0.2, 0.25) is 0 Å². The third-order valence-corrected chi connectivity index (χ3v) is 5.58. The number of aryl methyl sites for hydroxylation is 2. The first-order chi connectivity index (χ1) is 10.3. The lowest BCUT2D eigenvalue weighted by molar-refractivity contribution is -0.119. The molecule has 1 aromatic heterocycles. The molecule has 22 heavy (non-hydrogen) atoms. The van der Waals surface area contributed by atoms with E-state index in [0.717, 1.165) is 27.3 Å². The number of amides is 1. The molecule has 7 heteroatoms. The third kappa shape index (κ3) is 4.32. The number of hydrogen-bond acceptors (Lipinski definition) is 5. The molecule has 1 aromatic carbocycles. The molecule has 0 spiro atoms. The van der Waals surface area contributed by atoms with Crippen molar-refractivity contribution in [1.29, 1.82) is 0 Å². The Morgan fingerprint density at radius 1 is 1.18 bits per heavy atom. The Balaban J connectivity index is 2.18. The summed E-state index contributed by atoms with van der Waals surface area (Å²) in [5.41, 5.74) is 1.87. The van der Waals surface area contributed by atoms with Gasteiger partial charge in [0.15, 0.2) is 4.21 Å². The molecular weight excluding hydrogens is 322 g/mol. The van der Waals surface area contributed by atoms with Gasteiger partial charge in [0.25, 0.3) is 0 Å². The van der Waals surface area contributed by atoms with Crippen LogP contribution in [0.15, 0.2) is 34.5 Å². The van der Waals surface area contributed by atoms with Gasteiger partial charge in [0.2, 0.25) is 5.91 Å². The van der Waals surface area contributed by atoms with Crippen LogP contribution in [0.1, 0.15) is 22.9 Å². The Labute approximate surface area is 134 Å². The van der Waals surface area contributed by atoms with E-state index in [2.05, 4.69) is 5.32 Å². The molecule has 1 amide bonds. The van der Waals surface area contributed by atoms with Crippen LogP contribution in [0.5, 0.6) is 5.75 Å². The predicted octanol–water partition coefficient (Wildman–Crippen LogP) is 2.77. The highest BCUT2D eigenvalue weighted by molar-refractivity contribution is 7.89. The minimum absolute atomic E-state index is 0.118. The van der Waals surface area contributed by atoms with E-state index in [1.807, 2.05) is 19.9 Å². The van der Waals surface area contributed by atoms with E-state index in [9.17, 15) is 13.2 Å². The minimum Gasteiger partial charge on any atom is -0.378 e. The summed E-state index contributed by atoms with van der Waals surface area (Å²) < 4.78 is 29.9. The lowest BCUT2D eigenvalue weighted by Gasteiger charge is -2.07. The molecule has 0 atom stereocenters.